The predicted molar refractivity (Wildman–Crippen MR) is 85.7 cm³/mol. The third-order valence-corrected chi connectivity index (χ3v) is 4.71. The summed E-state index contributed by atoms with van der Waals surface area (Å²) in [6.45, 7) is 4.07. The van der Waals surface area contributed by atoms with Gasteiger partial charge in [0.05, 0.1) is 12.3 Å². The fourth-order valence-corrected chi connectivity index (χ4v) is 3.31. The standard InChI is InChI=1S/C17H25N3O2/c1-12(13-6-9-20(2)10-7-13)18-17(21)19-15-4-3-5-16-14(15)8-11-22-16/h6,8,11-12,15H,3-5,7,9-10H2,1-2H3,(H2,18,19,21). The molecule has 2 unspecified atom stereocenters. The van der Waals surface area contributed by atoms with E-state index in [1.165, 1.54) is 5.57 Å². The highest BCUT2D eigenvalue weighted by Gasteiger charge is 2.24. The van der Waals surface area contributed by atoms with E-state index in [0.29, 0.717) is 0 Å². The number of fused-ring (bicyclic) bond motifs is 1. The normalized spacial score (nSPS) is 23.4. The van der Waals surface area contributed by atoms with Crippen LogP contribution in [-0.2, 0) is 6.42 Å². The summed E-state index contributed by atoms with van der Waals surface area (Å²) < 4.78 is 5.47. The molecule has 0 radical (unpaired) electrons. The van der Waals surface area contributed by atoms with Crippen molar-refractivity contribution >= 4 is 6.03 Å². The fraction of sp³-hybridized carbons (Fsp3) is 0.588. The zero-order valence-corrected chi connectivity index (χ0v) is 13.4. The smallest absolute Gasteiger partial charge is 0.315 e. The Hall–Kier alpha value is -1.75. The predicted octanol–water partition coefficient (Wildman–Crippen LogP) is 2.61. The number of nitrogens with one attached hydrogen (secondary N) is 2. The van der Waals surface area contributed by atoms with E-state index in [1.807, 2.05) is 6.07 Å². The summed E-state index contributed by atoms with van der Waals surface area (Å²) in [4.78, 5) is 14.5. The second-order valence-corrected chi connectivity index (χ2v) is 6.37. The van der Waals surface area contributed by atoms with Crippen molar-refractivity contribution in [3.8, 4) is 0 Å². The molecule has 0 saturated carbocycles. The van der Waals surface area contributed by atoms with Crippen molar-refractivity contribution in [1.82, 2.24) is 15.5 Å². The third kappa shape index (κ3) is 3.35. The van der Waals surface area contributed by atoms with Gasteiger partial charge in [0.2, 0.25) is 0 Å². The van der Waals surface area contributed by atoms with Crippen LogP contribution in [0.5, 0.6) is 0 Å². The molecule has 1 aromatic heterocycles. The Morgan fingerprint density at radius 3 is 3.09 bits per heavy atom. The van der Waals surface area contributed by atoms with Crippen LogP contribution in [0.1, 0.15) is 43.6 Å². The van der Waals surface area contributed by atoms with Crippen LogP contribution in [0.4, 0.5) is 4.79 Å². The number of hydrogen-bond donors (Lipinski definition) is 2. The van der Waals surface area contributed by atoms with E-state index in [1.54, 1.807) is 6.26 Å². The molecule has 2 N–H and O–H groups in total. The van der Waals surface area contributed by atoms with Crippen LogP contribution in [0.2, 0.25) is 0 Å². The fourth-order valence-electron chi connectivity index (χ4n) is 3.31. The van der Waals surface area contributed by atoms with Gasteiger partial charge in [0, 0.05) is 31.1 Å². The number of rotatable bonds is 3. The number of aryl methyl sites for hydroxylation is 1. The van der Waals surface area contributed by atoms with E-state index < -0.39 is 0 Å². The molecule has 120 valence electrons. The first-order valence-corrected chi connectivity index (χ1v) is 8.14. The third-order valence-electron chi connectivity index (χ3n) is 4.71. The van der Waals surface area contributed by atoms with Crippen LogP contribution in [0.3, 0.4) is 0 Å². The van der Waals surface area contributed by atoms with E-state index >= 15 is 0 Å². The molecule has 5 heteroatoms. The quantitative estimate of drug-likeness (QED) is 0.844. The Morgan fingerprint density at radius 1 is 1.45 bits per heavy atom. The summed E-state index contributed by atoms with van der Waals surface area (Å²) in [5, 5.41) is 6.16. The highest BCUT2D eigenvalue weighted by molar-refractivity contribution is 5.75. The highest BCUT2D eigenvalue weighted by Crippen LogP contribution is 2.30. The van der Waals surface area contributed by atoms with Crippen molar-refractivity contribution in [2.45, 2.75) is 44.7 Å². The lowest BCUT2D eigenvalue weighted by Crippen LogP contribution is -2.44. The van der Waals surface area contributed by atoms with Gasteiger partial charge >= 0.3 is 6.03 Å². The number of amides is 2. The Bertz CT molecular complexity index is 564. The van der Waals surface area contributed by atoms with E-state index in [0.717, 1.165) is 50.1 Å². The lowest BCUT2D eigenvalue weighted by Gasteiger charge is -2.27. The maximum atomic E-state index is 12.3. The summed E-state index contributed by atoms with van der Waals surface area (Å²) in [7, 11) is 2.11. The molecule has 2 aliphatic rings. The molecular formula is C17H25N3O2. The first-order valence-electron chi connectivity index (χ1n) is 8.14. The van der Waals surface area contributed by atoms with E-state index in [9.17, 15) is 4.79 Å². The van der Waals surface area contributed by atoms with Crippen LogP contribution in [0.25, 0.3) is 0 Å². The molecule has 0 aromatic carbocycles. The van der Waals surface area contributed by atoms with Gasteiger partial charge in [-0.15, -0.1) is 0 Å². The van der Waals surface area contributed by atoms with Gasteiger partial charge in [-0.1, -0.05) is 6.08 Å². The molecule has 0 saturated heterocycles. The monoisotopic (exact) mass is 303 g/mol. The van der Waals surface area contributed by atoms with Gasteiger partial charge in [-0.05, 0) is 44.9 Å². The minimum absolute atomic E-state index is 0.0705. The lowest BCUT2D eigenvalue weighted by atomic mass is 9.93. The average molecular weight is 303 g/mol. The molecule has 0 fully saturated rings. The van der Waals surface area contributed by atoms with E-state index in [4.69, 9.17) is 4.42 Å². The van der Waals surface area contributed by atoms with Gasteiger partial charge in [0.25, 0.3) is 0 Å². The zero-order valence-electron chi connectivity index (χ0n) is 13.4. The van der Waals surface area contributed by atoms with Crippen LogP contribution >= 0.6 is 0 Å². The van der Waals surface area contributed by atoms with Crippen molar-refractivity contribution in [1.29, 1.82) is 0 Å². The Morgan fingerprint density at radius 2 is 2.32 bits per heavy atom. The number of nitrogens with zero attached hydrogens (tertiary/aromatic N) is 1. The molecule has 2 amide bonds. The Balaban J connectivity index is 1.55. The molecule has 1 aromatic rings. The molecule has 3 rings (SSSR count). The van der Waals surface area contributed by atoms with Crippen LogP contribution in [0, 0.1) is 0 Å². The number of carbonyl (C=O) groups excluding carboxylic acids is 1. The van der Waals surface area contributed by atoms with E-state index in [-0.39, 0.29) is 18.1 Å². The lowest BCUT2D eigenvalue weighted by molar-refractivity contribution is 0.232. The number of carbonyl (C=O) groups is 1. The second-order valence-electron chi connectivity index (χ2n) is 6.37. The first-order chi connectivity index (χ1) is 10.6. The van der Waals surface area contributed by atoms with Gasteiger partial charge in [-0.25, -0.2) is 4.79 Å². The molecule has 5 nitrogen and oxygen atoms in total. The van der Waals surface area contributed by atoms with Crippen molar-refractivity contribution in [2.75, 3.05) is 20.1 Å². The van der Waals surface area contributed by atoms with Gasteiger partial charge in [0.1, 0.15) is 5.76 Å². The van der Waals surface area contributed by atoms with E-state index in [2.05, 4.69) is 35.6 Å². The maximum absolute atomic E-state index is 12.3. The van der Waals surface area contributed by atoms with Crippen molar-refractivity contribution < 1.29 is 9.21 Å². The molecule has 1 aliphatic heterocycles. The molecule has 2 atom stereocenters. The number of urea groups is 1. The van der Waals surface area contributed by atoms with Crippen LogP contribution in [0.15, 0.2) is 28.4 Å². The first kappa shape index (κ1) is 15.2. The van der Waals surface area contributed by atoms with Gasteiger partial charge in [-0.3, -0.25) is 0 Å². The SMILES string of the molecule is CC(NC(=O)NC1CCCc2occc21)C1=CCN(C)CC1. The van der Waals surface area contributed by atoms with Crippen LogP contribution in [-0.4, -0.2) is 37.1 Å². The maximum Gasteiger partial charge on any atom is 0.315 e. The second kappa shape index (κ2) is 6.57. The van der Waals surface area contributed by atoms with Gasteiger partial charge in [0.15, 0.2) is 0 Å². The number of hydrogen-bond acceptors (Lipinski definition) is 3. The minimum atomic E-state index is -0.0913. The molecule has 2 heterocycles. The summed E-state index contributed by atoms with van der Waals surface area (Å²) >= 11 is 0. The molecular weight excluding hydrogens is 278 g/mol. The molecule has 22 heavy (non-hydrogen) atoms. The summed E-state index contributed by atoms with van der Waals surface area (Å²) in [5.41, 5.74) is 2.45. The Kier molecular flexibility index (Phi) is 4.52. The topological polar surface area (TPSA) is 57.5 Å². The van der Waals surface area contributed by atoms with Crippen molar-refractivity contribution in [2.24, 2.45) is 0 Å². The minimum Gasteiger partial charge on any atom is -0.469 e. The van der Waals surface area contributed by atoms with Gasteiger partial charge in [-0.2, -0.15) is 0 Å². The van der Waals surface area contributed by atoms with Crippen LogP contribution < -0.4 is 10.6 Å². The number of likely N-dealkylation sites (N-methyl/N-ethyl adjacent to an activating group) is 1. The van der Waals surface area contributed by atoms with Gasteiger partial charge < -0.3 is 20.0 Å². The highest BCUT2D eigenvalue weighted by atomic mass is 16.3. The Labute approximate surface area is 131 Å². The zero-order chi connectivity index (χ0) is 15.5. The summed E-state index contributed by atoms with van der Waals surface area (Å²) in [6, 6.07) is 2.04. The summed E-state index contributed by atoms with van der Waals surface area (Å²) in [6.07, 6.45) is 7.96. The molecule has 0 spiro atoms. The molecule has 1 aliphatic carbocycles. The van der Waals surface area contributed by atoms with Crippen molar-refractivity contribution in [3.05, 3.63) is 35.3 Å². The number of furan rings is 1. The molecule has 0 bridgehead atoms. The van der Waals surface area contributed by atoms with Crippen molar-refractivity contribution in [3.63, 3.8) is 0 Å². The summed E-state index contributed by atoms with van der Waals surface area (Å²) in [5.74, 6) is 1.02. The average Bonchev–Trinajstić information content (AvgIpc) is 2.97. The largest absolute Gasteiger partial charge is 0.469 e.